The SMILES string of the molecule is CC(C)(C)C(=O)NC[C@@H](O)c1c(Cl)cccc1Cl. The van der Waals surface area contributed by atoms with Crippen molar-refractivity contribution < 1.29 is 9.90 Å². The van der Waals surface area contributed by atoms with Gasteiger partial charge in [0.15, 0.2) is 0 Å². The highest BCUT2D eigenvalue weighted by Crippen LogP contribution is 2.29. The van der Waals surface area contributed by atoms with E-state index in [0.717, 1.165) is 0 Å². The van der Waals surface area contributed by atoms with Gasteiger partial charge in [-0.3, -0.25) is 4.79 Å². The zero-order valence-corrected chi connectivity index (χ0v) is 12.1. The van der Waals surface area contributed by atoms with Crippen LogP contribution in [0.3, 0.4) is 0 Å². The maximum Gasteiger partial charge on any atom is 0.225 e. The minimum atomic E-state index is -0.919. The van der Waals surface area contributed by atoms with Gasteiger partial charge in [0.2, 0.25) is 5.91 Å². The molecular weight excluding hydrogens is 273 g/mol. The van der Waals surface area contributed by atoms with Gasteiger partial charge in [-0.2, -0.15) is 0 Å². The lowest BCUT2D eigenvalue weighted by Gasteiger charge is -2.20. The first-order valence-electron chi connectivity index (χ1n) is 5.63. The van der Waals surface area contributed by atoms with E-state index in [2.05, 4.69) is 5.32 Å². The minimum absolute atomic E-state index is 0.0829. The van der Waals surface area contributed by atoms with E-state index in [1.807, 2.05) is 0 Å². The second-order valence-electron chi connectivity index (χ2n) is 5.11. The number of carbonyl (C=O) groups excluding carboxylic acids is 1. The van der Waals surface area contributed by atoms with Gasteiger partial charge in [0, 0.05) is 27.6 Å². The monoisotopic (exact) mass is 289 g/mol. The molecule has 1 atom stereocenters. The largest absolute Gasteiger partial charge is 0.386 e. The Morgan fingerprint density at radius 3 is 2.28 bits per heavy atom. The van der Waals surface area contributed by atoms with Crippen LogP contribution in [0, 0.1) is 5.41 Å². The number of amides is 1. The van der Waals surface area contributed by atoms with E-state index in [-0.39, 0.29) is 12.5 Å². The van der Waals surface area contributed by atoms with Crippen LogP contribution in [-0.2, 0) is 4.79 Å². The van der Waals surface area contributed by atoms with Gasteiger partial charge in [0.05, 0.1) is 6.10 Å². The molecule has 0 fully saturated rings. The van der Waals surface area contributed by atoms with E-state index in [0.29, 0.717) is 15.6 Å². The normalized spacial score (nSPS) is 13.2. The summed E-state index contributed by atoms with van der Waals surface area (Å²) in [5.41, 5.74) is -0.0562. The maximum absolute atomic E-state index is 11.7. The molecule has 0 saturated heterocycles. The molecule has 18 heavy (non-hydrogen) atoms. The summed E-state index contributed by atoms with van der Waals surface area (Å²) in [5, 5.41) is 13.5. The Morgan fingerprint density at radius 1 is 1.33 bits per heavy atom. The van der Waals surface area contributed by atoms with E-state index in [1.54, 1.807) is 39.0 Å². The van der Waals surface area contributed by atoms with Crippen molar-refractivity contribution in [2.45, 2.75) is 26.9 Å². The van der Waals surface area contributed by atoms with Crippen molar-refractivity contribution in [3.8, 4) is 0 Å². The highest BCUT2D eigenvalue weighted by atomic mass is 35.5. The summed E-state index contributed by atoms with van der Waals surface area (Å²) >= 11 is 11.9. The number of hydrogen-bond acceptors (Lipinski definition) is 2. The van der Waals surface area contributed by atoms with Gasteiger partial charge >= 0.3 is 0 Å². The Kier molecular flexibility index (Phi) is 5.02. The molecule has 0 aliphatic heterocycles. The van der Waals surface area contributed by atoms with Crippen LogP contribution in [0.15, 0.2) is 18.2 Å². The summed E-state index contributed by atoms with van der Waals surface area (Å²) < 4.78 is 0. The summed E-state index contributed by atoms with van der Waals surface area (Å²) in [6, 6.07) is 5.00. The van der Waals surface area contributed by atoms with Crippen molar-refractivity contribution in [1.29, 1.82) is 0 Å². The number of hydrogen-bond donors (Lipinski definition) is 2. The number of aliphatic hydroxyl groups excluding tert-OH is 1. The molecule has 1 rings (SSSR count). The third-order valence-corrected chi connectivity index (χ3v) is 3.13. The van der Waals surface area contributed by atoms with Crippen LogP contribution in [0.2, 0.25) is 10.0 Å². The third kappa shape index (κ3) is 3.87. The molecule has 0 bridgehead atoms. The maximum atomic E-state index is 11.7. The average molecular weight is 290 g/mol. The first kappa shape index (κ1) is 15.3. The summed E-state index contributed by atoms with van der Waals surface area (Å²) in [6.45, 7) is 5.49. The molecule has 3 nitrogen and oxygen atoms in total. The fourth-order valence-corrected chi connectivity index (χ4v) is 2.03. The number of rotatable bonds is 3. The first-order valence-corrected chi connectivity index (χ1v) is 6.39. The number of benzene rings is 1. The molecule has 0 aliphatic rings. The zero-order chi connectivity index (χ0) is 13.9. The van der Waals surface area contributed by atoms with Gasteiger partial charge in [-0.1, -0.05) is 50.0 Å². The summed E-state index contributed by atoms with van der Waals surface area (Å²) in [7, 11) is 0. The lowest BCUT2D eigenvalue weighted by Crippen LogP contribution is -2.37. The fraction of sp³-hybridized carbons (Fsp3) is 0.462. The molecule has 0 aliphatic carbocycles. The minimum Gasteiger partial charge on any atom is -0.386 e. The number of nitrogens with one attached hydrogen (secondary N) is 1. The predicted molar refractivity (Wildman–Crippen MR) is 73.9 cm³/mol. The topological polar surface area (TPSA) is 49.3 Å². The third-order valence-electron chi connectivity index (χ3n) is 2.47. The molecule has 5 heteroatoms. The van der Waals surface area contributed by atoms with Crippen LogP contribution in [0.5, 0.6) is 0 Å². The highest BCUT2D eigenvalue weighted by molar-refractivity contribution is 6.36. The summed E-state index contributed by atoms with van der Waals surface area (Å²) in [4.78, 5) is 11.7. The highest BCUT2D eigenvalue weighted by Gasteiger charge is 2.23. The first-order chi connectivity index (χ1) is 8.23. The Balaban J connectivity index is 2.72. The lowest BCUT2D eigenvalue weighted by atomic mass is 9.95. The van der Waals surface area contributed by atoms with Crippen molar-refractivity contribution in [2.24, 2.45) is 5.41 Å². The van der Waals surface area contributed by atoms with E-state index >= 15 is 0 Å². The molecule has 0 radical (unpaired) electrons. The molecule has 0 unspecified atom stereocenters. The lowest BCUT2D eigenvalue weighted by molar-refractivity contribution is -0.128. The van der Waals surface area contributed by atoms with Gasteiger partial charge in [-0.05, 0) is 12.1 Å². The van der Waals surface area contributed by atoms with Gasteiger partial charge in [-0.15, -0.1) is 0 Å². The zero-order valence-electron chi connectivity index (χ0n) is 10.6. The van der Waals surface area contributed by atoms with Crippen LogP contribution in [0.25, 0.3) is 0 Å². The molecule has 1 aromatic carbocycles. The molecule has 0 saturated carbocycles. The Labute approximate surface area is 117 Å². The second kappa shape index (κ2) is 5.91. The summed E-state index contributed by atoms with van der Waals surface area (Å²) in [5.74, 6) is -0.135. The molecule has 2 N–H and O–H groups in total. The van der Waals surface area contributed by atoms with Gasteiger partial charge in [-0.25, -0.2) is 0 Å². The van der Waals surface area contributed by atoms with E-state index in [1.165, 1.54) is 0 Å². The molecule has 0 aromatic heterocycles. The average Bonchev–Trinajstić information content (AvgIpc) is 2.24. The Morgan fingerprint density at radius 2 is 1.83 bits per heavy atom. The molecule has 0 heterocycles. The standard InChI is InChI=1S/C13H17Cl2NO2/c1-13(2,3)12(18)16-7-10(17)11-8(14)5-4-6-9(11)15/h4-6,10,17H,7H2,1-3H3,(H,16,18)/t10-/m1/s1. The van der Waals surface area contributed by atoms with Crippen molar-refractivity contribution in [3.05, 3.63) is 33.8 Å². The molecule has 100 valence electrons. The van der Waals surface area contributed by atoms with Gasteiger partial charge in [0.1, 0.15) is 0 Å². The van der Waals surface area contributed by atoms with Crippen LogP contribution in [-0.4, -0.2) is 17.6 Å². The van der Waals surface area contributed by atoms with Crippen molar-refractivity contribution in [3.63, 3.8) is 0 Å². The van der Waals surface area contributed by atoms with E-state index in [4.69, 9.17) is 23.2 Å². The molecular formula is C13H17Cl2NO2. The number of halogens is 2. The van der Waals surface area contributed by atoms with Crippen LogP contribution in [0.4, 0.5) is 0 Å². The quantitative estimate of drug-likeness (QED) is 0.898. The summed E-state index contributed by atoms with van der Waals surface area (Å²) in [6.07, 6.45) is -0.919. The predicted octanol–water partition coefficient (Wildman–Crippen LogP) is 3.19. The van der Waals surface area contributed by atoms with Gasteiger partial charge in [0.25, 0.3) is 0 Å². The number of carbonyl (C=O) groups is 1. The Bertz CT molecular complexity index is 421. The fourth-order valence-electron chi connectivity index (χ4n) is 1.39. The van der Waals surface area contributed by atoms with Gasteiger partial charge < -0.3 is 10.4 Å². The van der Waals surface area contributed by atoms with Crippen LogP contribution >= 0.6 is 23.2 Å². The van der Waals surface area contributed by atoms with E-state index < -0.39 is 11.5 Å². The molecule has 0 spiro atoms. The van der Waals surface area contributed by atoms with Crippen LogP contribution < -0.4 is 5.32 Å². The van der Waals surface area contributed by atoms with Crippen LogP contribution in [0.1, 0.15) is 32.4 Å². The van der Waals surface area contributed by atoms with Crippen molar-refractivity contribution in [1.82, 2.24) is 5.32 Å². The van der Waals surface area contributed by atoms with E-state index in [9.17, 15) is 9.90 Å². The van der Waals surface area contributed by atoms with Crippen molar-refractivity contribution in [2.75, 3.05) is 6.54 Å². The molecule has 1 aromatic rings. The molecule has 1 amide bonds. The van der Waals surface area contributed by atoms with Crippen molar-refractivity contribution >= 4 is 29.1 Å². The number of aliphatic hydroxyl groups is 1. The smallest absolute Gasteiger partial charge is 0.225 e. The Hall–Kier alpha value is -0.770. The second-order valence-corrected chi connectivity index (χ2v) is 5.93.